The lowest BCUT2D eigenvalue weighted by atomic mass is 10.2. The van der Waals surface area contributed by atoms with E-state index in [2.05, 4.69) is 25.9 Å². The minimum Gasteiger partial charge on any atom is -0.497 e. The van der Waals surface area contributed by atoms with Gasteiger partial charge in [-0.1, -0.05) is 12.1 Å². The molecular weight excluding hydrogens is 284 g/mol. The average molecular weight is 300 g/mol. The van der Waals surface area contributed by atoms with Crippen LogP contribution in [0.3, 0.4) is 0 Å². The van der Waals surface area contributed by atoms with Crippen LogP contribution in [-0.2, 0) is 11.3 Å². The van der Waals surface area contributed by atoms with Crippen molar-refractivity contribution in [2.45, 2.75) is 6.61 Å². The van der Waals surface area contributed by atoms with E-state index in [1.54, 1.807) is 13.2 Å². The molecule has 0 aliphatic heterocycles. The third kappa shape index (κ3) is 3.47. The Balaban J connectivity index is 1.43. The zero-order valence-electron chi connectivity index (χ0n) is 12.1. The fourth-order valence-electron chi connectivity index (χ4n) is 1.95. The highest BCUT2D eigenvalue weighted by molar-refractivity contribution is 5.41. The summed E-state index contributed by atoms with van der Waals surface area (Å²) in [5.41, 5.74) is 1.69. The first-order valence-corrected chi connectivity index (χ1v) is 6.85. The molecule has 1 N–H and O–H groups in total. The third-order valence-corrected chi connectivity index (χ3v) is 3.02. The summed E-state index contributed by atoms with van der Waals surface area (Å²) in [6, 6.07) is 11.4. The molecule has 22 heavy (non-hydrogen) atoms. The van der Waals surface area contributed by atoms with E-state index in [4.69, 9.17) is 9.47 Å². The minimum absolute atomic E-state index is 0.540. The van der Waals surface area contributed by atoms with Gasteiger partial charge in [0.15, 0.2) is 5.65 Å². The summed E-state index contributed by atoms with van der Waals surface area (Å²) in [4.78, 5) is 0. The molecule has 0 atom stereocenters. The van der Waals surface area contributed by atoms with Gasteiger partial charge in [-0.25, -0.2) is 0 Å². The molecule has 0 spiro atoms. The summed E-state index contributed by atoms with van der Waals surface area (Å²) in [7, 11) is 1.65. The van der Waals surface area contributed by atoms with E-state index in [0.29, 0.717) is 31.2 Å². The molecule has 1 aromatic carbocycles. The summed E-state index contributed by atoms with van der Waals surface area (Å²) < 4.78 is 12.2. The Morgan fingerprint density at radius 1 is 1.23 bits per heavy atom. The Morgan fingerprint density at radius 3 is 3.09 bits per heavy atom. The number of benzene rings is 1. The van der Waals surface area contributed by atoms with Gasteiger partial charge in [-0.05, 0) is 40.3 Å². The highest BCUT2D eigenvalue weighted by Gasteiger charge is 2.00. The number of rotatable bonds is 7. The molecule has 0 radical (unpaired) electrons. The summed E-state index contributed by atoms with van der Waals surface area (Å²) in [6.45, 7) is 1.75. The summed E-state index contributed by atoms with van der Waals surface area (Å²) in [6.07, 6.45) is 0. The zero-order chi connectivity index (χ0) is 15.2. The molecule has 0 saturated heterocycles. The maximum atomic E-state index is 5.62. The molecular formula is C14H16N6O2. The number of nitrogens with one attached hydrogen (secondary N) is 1. The maximum absolute atomic E-state index is 5.62. The molecule has 2 heterocycles. The predicted molar refractivity (Wildman–Crippen MR) is 79.7 cm³/mol. The molecule has 8 heteroatoms. The Hall–Kier alpha value is -2.74. The van der Waals surface area contributed by atoms with E-state index in [0.717, 1.165) is 11.3 Å². The molecule has 0 aliphatic rings. The van der Waals surface area contributed by atoms with Gasteiger partial charge in [-0.2, -0.15) is 0 Å². The maximum Gasteiger partial charge on any atom is 0.200 e. The number of hydrogen-bond donors (Lipinski definition) is 1. The van der Waals surface area contributed by atoms with E-state index < -0.39 is 0 Å². The summed E-state index contributed by atoms with van der Waals surface area (Å²) in [5, 5.41) is 18.4. The smallest absolute Gasteiger partial charge is 0.200 e. The first-order chi connectivity index (χ1) is 10.8. The van der Waals surface area contributed by atoms with Crippen molar-refractivity contribution in [3.63, 3.8) is 0 Å². The monoisotopic (exact) mass is 300 g/mol. The third-order valence-electron chi connectivity index (χ3n) is 3.02. The lowest BCUT2D eigenvalue weighted by Crippen LogP contribution is -2.11. The van der Waals surface area contributed by atoms with Crippen molar-refractivity contribution >= 4 is 11.5 Å². The van der Waals surface area contributed by atoms with Gasteiger partial charge in [-0.15, -0.1) is 14.8 Å². The Labute approximate surface area is 127 Å². The molecule has 3 rings (SSSR count). The zero-order valence-corrected chi connectivity index (χ0v) is 12.1. The molecule has 0 bridgehead atoms. The van der Waals surface area contributed by atoms with Gasteiger partial charge < -0.3 is 14.8 Å². The first-order valence-electron chi connectivity index (χ1n) is 6.85. The van der Waals surface area contributed by atoms with Gasteiger partial charge in [0.2, 0.25) is 0 Å². The molecule has 8 nitrogen and oxygen atoms in total. The summed E-state index contributed by atoms with van der Waals surface area (Å²) in [5.74, 6) is 1.53. The van der Waals surface area contributed by atoms with Gasteiger partial charge in [0.05, 0.1) is 20.3 Å². The Kier molecular flexibility index (Phi) is 4.40. The number of hydrogen-bond acceptors (Lipinski definition) is 7. The van der Waals surface area contributed by atoms with E-state index >= 15 is 0 Å². The van der Waals surface area contributed by atoms with Crippen LogP contribution in [0.4, 0.5) is 5.82 Å². The molecule has 0 amide bonds. The van der Waals surface area contributed by atoms with Crippen molar-refractivity contribution in [2.75, 3.05) is 25.6 Å². The molecule has 2 aromatic heterocycles. The van der Waals surface area contributed by atoms with E-state index in [-0.39, 0.29) is 0 Å². The Morgan fingerprint density at radius 2 is 2.18 bits per heavy atom. The molecule has 114 valence electrons. The number of fused-ring (bicyclic) bond motifs is 1. The second-order valence-electron chi connectivity index (χ2n) is 4.58. The molecule has 0 aliphatic carbocycles. The highest BCUT2D eigenvalue weighted by atomic mass is 16.5. The Bertz CT molecular complexity index is 745. The number of tetrazole rings is 1. The number of anilines is 1. The molecule has 0 unspecified atom stereocenters. The lowest BCUT2D eigenvalue weighted by molar-refractivity contribution is 0.130. The fraction of sp³-hybridized carbons (Fsp3) is 0.286. The van der Waals surface area contributed by atoms with Crippen LogP contribution in [0.15, 0.2) is 36.4 Å². The van der Waals surface area contributed by atoms with Crippen LogP contribution < -0.4 is 10.1 Å². The largest absolute Gasteiger partial charge is 0.497 e. The lowest BCUT2D eigenvalue weighted by Gasteiger charge is -2.07. The fourth-order valence-corrected chi connectivity index (χ4v) is 1.95. The average Bonchev–Trinajstić information content (AvgIpc) is 3.02. The van der Waals surface area contributed by atoms with E-state index in [1.807, 2.05) is 30.3 Å². The second kappa shape index (κ2) is 6.81. The standard InChI is InChI=1S/C14H16N6O2/c1-21-12-4-2-3-11(9-12)10-22-8-7-15-13-5-6-14-16-18-19-20(14)17-13/h2-6,9H,7-8,10H2,1H3,(H,15,17). The topological polar surface area (TPSA) is 86.5 Å². The first kappa shape index (κ1) is 14.2. The predicted octanol–water partition coefficient (Wildman–Crippen LogP) is 1.16. The van der Waals surface area contributed by atoms with Crippen molar-refractivity contribution in [1.29, 1.82) is 0 Å². The number of aromatic nitrogens is 5. The SMILES string of the molecule is COc1cccc(COCCNc2ccc3nnnn3n2)c1. The van der Waals surface area contributed by atoms with Crippen LogP contribution in [0.5, 0.6) is 5.75 Å². The van der Waals surface area contributed by atoms with Gasteiger partial charge in [-0.3, -0.25) is 0 Å². The van der Waals surface area contributed by atoms with Crippen LogP contribution in [-0.4, -0.2) is 45.5 Å². The van der Waals surface area contributed by atoms with Gasteiger partial charge in [0.1, 0.15) is 11.6 Å². The van der Waals surface area contributed by atoms with Crippen LogP contribution in [0.25, 0.3) is 5.65 Å². The normalized spacial score (nSPS) is 10.8. The molecule has 3 aromatic rings. The van der Waals surface area contributed by atoms with Gasteiger partial charge >= 0.3 is 0 Å². The molecule has 0 saturated carbocycles. The van der Waals surface area contributed by atoms with Crippen LogP contribution in [0, 0.1) is 0 Å². The minimum atomic E-state index is 0.540. The quantitative estimate of drug-likeness (QED) is 0.655. The van der Waals surface area contributed by atoms with Crippen LogP contribution in [0.2, 0.25) is 0 Å². The second-order valence-corrected chi connectivity index (χ2v) is 4.58. The van der Waals surface area contributed by atoms with Crippen molar-refractivity contribution in [2.24, 2.45) is 0 Å². The van der Waals surface area contributed by atoms with Crippen molar-refractivity contribution in [1.82, 2.24) is 25.3 Å². The van der Waals surface area contributed by atoms with Crippen molar-refractivity contribution < 1.29 is 9.47 Å². The number of methoxy groups -OCH3 is 1. The van der Waals surface area contributed by atoms with E-state index in [9.17, 15) is 0 Å². The van der Waals surface area contributed by atoms with Crippen LogP contribution in [0.1, 0.15) is 5.56 Å². The number of ether oxygens (including phenoxy) is 2. The molecule has 0 fully saturated rings. The van der Waals surface area contributed by atoms with Gasteiger partial charge in [0.25, 0.3) is 0 Å². The highest BCUT2D eigenvalue weighted by Crippen LogP contribution is 2.13. The van der Waals surface area contributed by atoms with Crippen molar-refractivity contribution in [3.8, 4) is 5.75 Å². The van der Waals surface area contributed by atoms with E-state index in [1.165, 1.54) is 4.63 Å². The number of nitrogens with zero attached hydrogens (tertiary/aromatic N) is 5. The van der Waals surface area contributed by atoms with Crippen LogP contribution >= 0.6 is 0 Å². The van der Waals surface area contributed by atoms with Gasteiger partial charge in [0, 0.05) is 6.54 Å². The van der Waals surface area contributed by atoms with Crippen molar-refractivity contribution in [3.05, 3.63) is 42.0 Å². The summed E-state index contributed by atoms with van der Waals surface area (Å²) >= 11 is 0.